The van der Waals surface area contributed by atoms with Crippen LogP contribution >= 0.6 is 22.6 Å². The normalized spacial score (nSPS) is 15.4. The highest BCUT2D eigenvalue weighted by atomic mass is 127. The van der Waals surface area contributed by atoms with E-state index in [0.717, 1.165) is 3.57 Å². The predicted octanol–water partition coefficient (Wildman–Crippen LogP) is 2.33. The lowest BCUT2D eigenvalue weighted by atomic mass is 10.3. The monoisotopic (exact) mass is 236 g/mol. The quantitative estimate of drug-likeness (QED) is 0.738. The number of rotatable bonds is 1. The van der Waals surface area contributed by atoms with Gasteiger partial charge in [0.2, 0.25) is 0 Å². The molecular formula is C7H8IN. The lowest BCUT2D eigenvalue weighted by Gasteiger charge is -1.97. The Kier molecular flexibility index (Phi) is 1.29. The molecule has 1 nitrogen and oxygen atoms in total. The molecule has 48 valence electrons. The first-order valence-electron chi connectivity index (χ1n) is 4.01. The van der Waals surface area contributed by atoms with Gasteiger partial charge in [-0.15, -0.1) is 0 Å². The maximum absolute atomic E-state index is 6.96. The van der Waals surface area contributed by atoms with Gasteiger partial charge in [0, 0.05) is 20.3 Å². The van der Waals surface area contributed by atoms with Gasteiger partial charge in [0.25, 0.3) is 0 Å². The lowest BCUT2D eigenvalue weighted by molar-refractivity contribution is 1.50. The molecule has 0 aromatic heterocycles. The van der Waals surface area contributed by atoms with Gasteiger partial charge in [-0.3, -0.25) is 0 Å². The summed E-state index contributed by atoms with van der Waals surface area (Å²) in [5, 5.41) is 2.42. The van der Waals surface area contributed by atoms with Crippen LogP contribution in [-0.2, 0) is 0 Å². The summed E-state index contributed by atoms with van der Waals surface area (Å²) in [6.45, 7) is -2.11. The minimum absolute atomic E-state index is 0.627. The predicted molar refractivity (Wildman–Crippen MR) is 48.7 cm³/mol. The van der Waals surface area contributed by atoms with E-state index in [-0.39, 0.29) is 0 Å². The van der Waals surface area contributed by atoms with Gasteiger partial charge in [-0.25, -0.2) is 0 Å². The van der Waals surface area contributed by atoms with E-state index in [1.54, 1.807) is 12.1 Å². The van der Waals surface area contributed by atoms with Gasteiger partial charge in [0.1, 0.15) is 0 Å². The first-order valence-corrected chi connectivity index (χ1v) is 3.59. The second kappa shape index (κ2) is 3.06. The molecular weight excluding hydrogens is 225 g/mol. The first-order chi connectivity index (χ1) is 5.47. The van der Waals surface area contributed by atoms with Crippen LogP contribution in [0.15, 0.2) is 24.3 Å². The smallest absolute Gasteiger partial charge is 0.0453 e. The summed E-state index contributed by atoms with van der Waals surface area (Å²) in [5.41, 5.74) is 0.627. The largest absolute Gasteiger partial charge is 0.388 e. The molecule has 0 amide bonds. The summed E-state index contributed by atoms with van der Waals surface area (Å²) in [6.07, 6.45) is 0. The molecule has 0 atom stereocenters. The van der Waals surface area contributed by atoms with Gasteiger partial charge in [-0.1, -0.05) is 6.07 Å². The van der Waals surface area contributed by atoms with Crippen LogP contribution in [0.25, 0.3) is 0 Å². The third-order valence-corrected chi connectivity index (χ3v) is 1.64. The zero-order valence-electron chi connectivity index (χ0n) is 7.69. The van der Waals surface area contributed by atoms with Crippen LogP contribution in [0, 0.1) is 3.57 Å². The second-order valence-corrected chi connectivity index (χ2v) is 2.88. The molecule has 9 heavy (non-hydrogen) atoms. The number of nitrogens with one attached hydrogen (secondary N) is 1. The van der Waals surface area contributed by atoms with Crippen molar-refractivity contribution in [3.8, 4) is 0 Å². The summed E-state index contributed by atoms with van der Waals surface area (Å²) in [5.74, 6) is 0. The SMILES string of the molecule is [2H]C([2H])([2H])Nc1cccc(I)c1. The van der Waals surface area contributed by atoms with Gasteiger partial charge in [-0.05, 0) is 40.8 Å². The standard InChI is InChI=1S/C7H8IN/c1-9-7-4-2-3-6(8)5-7/h2-5,9H,1H3/i1D3. The minimum atomic E-state index is -2.11. The molecule has 0 spiro atoms. The van der Waals surface area contributed by atoms with E-state index in [1.165, 1.54) is 0 Å². The number of hydrogen-bond donors (Lipinski definition) is 1. The molecule has 0 fully saturated rings. The molecule has 0 unspecified atom stereocenters. The highest BCUT2D eigenvalue weighted by Gasteiger charge is 1.86. The molecule has 1 aromatic rings. The Morgan fingerprint density at radius 1 is 1.67 bits per heavy atom. The van der Waals surface area contributed by atoms with Gasteiger partial charge < -0.3 is 5.32 Å². The summed E-state index contributed by atoms with van der Waals surface area (Å²) in [4.78, 5) is 0. The molecule has 0 heterocycles. The van der Waals surface area contributed by atoms with E-state index in [9.17, 15) is 0 Å². The van der Waals surface area contributed by atoms with Crippen molar-refractivity contribution in [1.29, 1.82) is 0 Å². The molecule has 0 aliphatic heterocycles. The van der Waals surface area contributed by atoms with Crippen molar-refractivity contribution in [3.63, 3.8) is 0 Å². The van der Waals surface area contributed by atoms with E-state index in [4.69, 9.17) is 4.11 Å². The van der Waals surface area contributed by atoms with Crippen LogP contribution in [-0.4, -0.2) is 6.98 Å². The Balaban J connectivity index is 2.77. The Morgan fingerprint density at radius 2 is 2.56 bits per heavy atom. The average Bonchev–Trinajstić information content (AvgIpc) is 1.82. The molecule has 0 saturated carbocycles. The average molecular weight is 236 g/mol. The van der Waals surface area contributed by atoms with Crippen LogP contribution in [0.2, 0.25) is 0 Å². The second-order valence-electron chi connectivity index (χ2n) is 1.64. The zero-order valence-corrected chi connectivity index (χ0v) is 6.84. The molecule has 0 saturated heterocycles. The molecule has 0 bridgehead atoms. The van der Waals surface area contributed by atoms with Crippen LogP contribution < -0.4 is 5.32 Å². The van der Waals surface area contributed by atoms with E-state index < -0.39 is 6.98 Å². The zero-order chi connectivity index (χ0) is 9.19. The lowest BCUT2D eigenvalue weighted by Crippen LogP contribution is -1.86. The van der Waals surface area contributed by atoms with Crippen molar-refractivity contribution in [2.45, 2.75) is 0 Å². The van der Waals surface area contributed by atoms with Gasteiger partial charge in [-0.2, -0.15) is 0 Å². The van der Waals surface area contributed by atoms with Crippen LogP contribution in [0.4, 0.5) is 5.69 Å². The van der Waals surface area contributed by atoms with Crippen LogP contribution in [0.1, 0.15) is 4.11 Å². The summed E-state index contributed by atoms with van der Waals surface area (Å²) in [7, 11) is 0. The fourth-order valence-electron chi connectivity index (χ4n) is 0.566. The molecule has 1 N–H and O–H groups in total. The maximum Gasteiger partial charge on any atom is 0.0453 e. The molecule has 1 aromatic carbocycles. The highest BCUT2D eigenvalue weighted by molar-refractivity contribution is 14.1. The maximum atomic E-state index is 6.96. The molecule has 1 rings (SSSR count). The number of benzene rings is 1. The van der Waals surface area contributed by atoms with Gasteiger partial charge in [0.15, 0.2) is 0 Å². The molecule has 0 radical (unpaired) electrons. The summed E-state index contributed by atoms with van der Waals surface area (Å²) < 4.78 is 21.9. The van der Waals surface area contributed by atoms with Gasteiger partial charge in [0.05, 0.1) is 0 Å². The van der Waals surface area contributed by atoms with Crippen molar-refractivity contribution in [3.05, 3.63) is 27.8 Å². The van der Waals surface area contributed by atoms with E-state index in [2.05, 4.69) is 27.9 Å². The van der Waals surface area contributed by atoms with E-state index in [0.29, 0.717) is 5.69 Å². The van der Waals surface area contributed by atoms with Crippen LogP contribution in [0.5, 0.6) is 0 Å². The van der Waals surface area contributed by atoms with Crippen LogP contribution in [0.3, 0.4) is 0 Å². The van der Waals surface area contributed by atoms with Crippen molar-refractivity contribution in [2.24, 2.45) is 0 Å². The van der Waals surface area contributed by atoms with Crippen molar-refractivity contribution >= 4 is 28.3 Å². The van der Waals surface area contributed by atoms with E-state index >= 15 is 0 Å². The molecule has 2 heteroatoms. The van der Waals surface area contributed by atoms with Crippen molar-refractivity contribution in [2.75, 3.05) is 12.3 Å². The van der Waals surface area contributed by atoms with Crippen molar-refractivity contribution < 1.29 is 4.11 Å². The Bertz CT molecular complexity index is 272. The first kappa shape index (κ1) is 3.81. The fourth-order valence-corrected chi connectivity index (χ4v) is 1.11. The highest BCUT2D eigenvalue weighted by Crippen LogP contribution is 2.10. The number of halogens is 1. The Morgan fingerprint density at radius 3 is 3.22 bits per heavy atom. The Hall–Kier alpha value is -0.250. The van der Waals surface area contributed by atoms with E-state index in [1.807, 2.05) is 12.1 Å². The fraction of sp³-hybridized carbons (Fsp3) is 0.143. The molecule has 0 aliphatic carbocycles. The van der Waals surface area contributed by atoms with Gasteiger partial charge >= 0.3 is 0 Å². The Labute approximate surface area is 72.8 Å². The van der Waals surface area contributed by atoms with Crippen molar-refractivity contribution in [1.82, 2.24) is 0 Å². The third-order valence-electron chi connectivity index (χ3n) is 0.969. The topological polar surface area (TPSA) is 12.0 Å². The third kappa shape index (κ3) is 1.86. The number of anilines is 1. The number of hydrogen-bond acceptors (Lipinski definition) is 1. The summed E-state index contributed by atoms with van der Waals surface area (Å²) >= 11 is 2.13. The molecule has 0 aliphatic rings. The minimum Gasteiger partial charge on any atom is -0.388 e. The summed E-state index contributed by atoms with van der Waals surface area (Å²) in [6, 6.07) is 7.24.